The molecule has 1 atom stereocenters. The number of thioether (sulfide) groups is 1. The summed E-state index contributed by atoms with van der Waals surface area (Å²) < 4.78 is 0.959. The third-order valence-electron chi connectivity index (χ3n) is 4.03. The van der Waals surface area contributed by atoms with E-state index in [-0.39, 0.29) is 17.1 Å². The number of aryl methyl sites for hydroxylation is 1. The first kappa shape index (κ1) is 21.1. The number of nitrogens with two attached hydrogens (primary N) is 1. The molecule has 0 saturated heterocycles. The molecule has 0 unspecified atom stereocenters. The van der Waals surface area contributed by atoms with E-state index >= 15 is 0 Å². The van der Waals surface area contributed by atoms with Gasteiger partial charge in [-0.25, -0.2) is 0 Å². The van der Waals surface area contributed by atoms with E-state index in [4.69, 9.17) is 5.73 Å². The second kappa shape index (κ2) is 9.71. The van der Waals surface area contributed by atoms with Crippen molar-refractivity contribution in [3.8, 4) is 0 Å². The molecule has 0 fully saturated rings. The van der Waals surface area contributed by atoms with Gasteiger partial charge in [-0.15, -0.1) is 11.8 Å². The molecule has 0 aliphatic heterocycles. The summed E-state index contributed by atoms with van der Waals surface area (Å²) in [6.07, 6.45) is 0. The highest BCUT2D eigenvalue weighted by molar-refractivity contribution is 9.10. The maximum Gasteiger partial charge on any atom is 0.237 e. The number of rotatable bonds is 7. The number of hydrogen-bond donors (Lipinski definition) is 3. The van der Waals surface area contributed by atoms with Crippen LogP contribution in [0.15, 0.2) is 53.0 Å². The normalized spacial score (nSPS) is 11.7. The first-order chi connectivity index (χ1) is 13.9. The van der Waals surface area contributed by atoms with Crippen molar-refractivity contribution in [2.24, 2.45) is 0 Å². The van der Waals surface area contributed by atoms with E-state index in [2.05, 4.69) is 41.5 Å². The molecule has 4 N–H and O–H groups in total. The molecule has 0 aliphatic carbocycles. The van der Waals surface area contributed by atoms with E-state index in [1.807, 2.05) is 62.4 Å². The quantitative estimate of drug-likeness (QED) is 0.463. The van der Waals surface area contributed by atoms with Crippen LogP contribution in [0, 0.1) is 6.92 Å². The summed E-state index contributed by atoms with van der Waals surface area (Å²) in [5.41, 5.74) is 8.56. The fourth-order valence-corrected chi connectivity index (χ4v) is 3.45. The lowest BCUT2D eigenvalue weighted by Crippen LogP contribution is -2.22. The fourth-order valence-electron chi connectivity index (χ4n) is 2.44. The highest BCUT2D eigenvalue weighted by Gasteiger charge is 2.15. The standard InChI is InChI=1S/C20H21BrN6OS/c1-12-5-3-4-6-16(12)24-20-26-17(25-19(22)27-20)11-29-13(2)18(28)23-15-9-7-14(21)8-10-15/h3-10,13H,11H2,1-2H3,(H,23,28)(H3,22,24,25,26,27)/t13-/m1/s1. The Morgan fingerprint density at radius 3 is 2.59 bits per heavy atom. The van der Waals surface area contributed by atoms with Crippen LogP contribution in [-0.2, 0) is 10.5 Å². The van der Waals surface area contributed by atoms with Crippen molar-refractivity contribution < 1.29 is 4.79 Å². The van der Waals surface area contributed by atoms with Crippen LogP contribution >= 0.6 is 27.7 Å². The van der Waals surface area contributed by atoms with Crippen LogP contribution in [0.3, 0.4) is 0 Å². The molecule has 0 radical (unpaired) electrons. The number of para-hydroxylation sites is 1. The van der Waals surface area contributed by atoms with Crippen LogP contribution in [0.1, 0.15) is 18.3 Å². The Bertz CT molecular complexity index is 999. The number of halogens is 1. The van der Waals surface area contributed by atoms with E-state index in [0.29, 0.717) is 17.5 Å². The molecule has 9 heteroatoms. The summed E-state index contributed by atoms with van der Waals surface area (Å²) in [7, 11) is 0. The molecule has 3 rings (SSSR count). The Morgan fingerprint density at radius 1 is 1.14 bits per heavy atom. The number of anilines is 4. The van der Waals surface area contributed by atoms with E-state index in [1.165, 1.54) is 11.8 Å². The van der Waals surface area contributed by atoms with Crippen molar-refractivity contribution in [3.05, 3.63) is 64.4 Å². The average molecular weight is 473 g/mol. The molecule has 1 aromatic heterocycles. The summed E-state index contributed by atoms with van der Waals surface area (Å²) in [6.45, 7) is 3.84. The predicted octanol–water partition coefficient (Wildman–Crippen LogP) is 4.53. The van der Waals surface area contributed by atoms with Crippen molar-refractivity contribution in [1.29, 1.82) is 0 Å². The monoisotopic (exact) mass is 472 g/mol. The molecule has 1 amide bonds. The zero-order valence-electron chi connectivity index (χ0n) is 16.0. The second-order valence-corrected chi connectivity index (χ2v) is 8.57. The van der Waals surface area contributed by atoms with Gasteiger partial charge in [-0.2, -0.15) is 15.0 Å². The summed E-state index contributed by atoms with van der Waals surface area (Å²) in [6, 6.07) is 15.3. The highest BCUT2D eigenvalue weighted by Crippen LogP contribution is 2.21. The number of amides is 1. The van der Waals surface area contributed by atoms with Crippen molar-refractivity contribution in [1.82, 2.24) is 15.0 Å². The highest BCUT2D eigenvalue weighted by atomic mass is 79.9. The van der Waals surface area contributed by atoms with Gasteiger partial charge in [-0.3, -0.25) is 4.79 Å². The van der Waals surface area contributed by atoms with E-state index in [1.54, 1.807) is 0 Å². The Hall–Kier alpha value is -2.65. The van der Waals surface area contributed by atoms with Gasteiger partial charge in [0.2, 0.25) is 17.8 Å². The topological polar surface area (TPSA) is 106 Å². The molecular weight excluding hydrogens is 452 g/mol. The van der Waals surface area contributed by atoms with Gasteiger partial charge in [0.25, 0.3) is 0 Å². The van der Waals surface area contributed by atoms with Gasteiger partial charge in [0, 0.05) is 15.8 Å². The van der Waals surface area contributed by atoms with Crippen LogP contribution in [-0.4, -0.2) is 26.1 Å². The van der Waals surface area contributed by atoms with E-state index in [9.17, 15) is 4.79 Å². The second-order valence-electron chi connectivity index (χ2n) is 6.32. The first-order valence-corrected chi connectivity index (χ1v) is 10.8. The first-order valence-electron chi connectivity index (χ1n) is 8.92. The zero-order valence-corrected chi connectivity index (χ0v) is 18.4. The fraction of sp³-hybridized carbons (Fsp3) is 0.200. The van der Waals surface area contributed by atoms with Crippen LogP contribution in [0.2, 0.25) is 0 Å². The summed E-state index contributed by atoms with van der Waals surface area (Å²) >= 11 is 4.81. The van der Waals surface area contributed by atoms with Gasteiger partial charge in [0.1, 0.15) is 5.82 Å². The van der Waals surface area contributed by atoms with Crippen molar-refractivity contribution in [2.45, 2.75) is 24.9 Å². The van der Waals surface area contributed by atoms with Gasteiger partial charge in [-0.05, 0) is 49.7 Å². The predicted molar refractivity (Wildman–Crippen MR) is 122 cm³/mol. The number of hydrogen-bond acceptors (Lipinski definition) is 7. The number of carbonyl (C=O) groups is 1. The average Bonchev–Trinajstić information content (AvgIpc) is 2.69. The summed E-state index contributed by atoms with van der Waals surface area (Å²) in [5.74, 6) is 1.39. The molecule has 0 spiro atoms. The molecule has 29 heavy (non-hydrogen) atoms. The molecule has 0 saturated carbocycles. The maximum absolute atomic E-state index is 12.4. The number of nitrogens with one attached hydrogen (secondary N) is 2. The number of nitrogen functional groups attached to an aromatic ring is 1. The number of carbonyl (C=O) groups excluding carboxylic acids is 1. The van der Waals surface area contributed by atoms with Gasteiger partial charge in [0.15, 0.2) is 0 Å². The molecule has 1 heterocycles. The molecule has 2 aromatic carbocycles. The lowest BCUT2D eigenvalue weighted by atomic mass is 10.2. The third kappa shape index (κ3) is 6.16. The Kier molecular flexibility index (Phi) is 7.05. The number of nitrogens with zero attached hydrogens (tertiary/aromatic N) is 3. The van der Waals surface area contributed by atoms with Crippen molar-refractivity contribution >= 4 is 56.9 Å². The Morgan fingerprint density at radius 2 is 1.86 bits per heavy atom. The van der Waals surface area contributed by atoms with Gasteiger partial charge >= 0.3 is 0 Å². The maximum atomic E-state index is 12.4. The molecule has 0 aliphatic rings. The minimum absolute atomic E-state index is 0.0855. The lowest BCUT2D eigenvalue weighted by Gasteiger charge is -2.12. The summed E-state index contributed by atoms with van der Waals surface area (Å²) in [4.78, 5) is 25.1. The minimum atomic E-state index is -0.288. The van der Waals surface area contributed by atoms with Crippen molar-refractivity contribution in [3.63, 3.8) is 0 Å². The smallest absolute Gasteiger partial charge is 0.237 e. The van der Waals surface area contributed by atoms with E-state index in [0.717, 1.165) is 21.4 Å². The molecule has 7 nitrogen and oxygen atoms in total. The Labute approximate surface area is 182 Å². The largest absolute Gasteiger partial charge is 0.368 e. The van der Waals surface area contributed by atoms with Gasteiger partial charge in [-0.1, -0.05) is 34.1 Å². The summed E-state index contributed by atoms with van der Waals surface area (Å²) in [5, 5.41) is 5.77. The van der Waals surface area contributed by atoms with Gasteiger partial charge in [0.05, 0.1) is 11.0 Å². The number of benzene rings is 2. The number of aromatic nitrogens is 3. The van der Waals surface area contributed by atoms with Crippen molar-refractivity contribution in [2.75, 3.05) is 16.4 Å². The molecule has 3 aromatic rings. The van der Waals surface area contributed by atoms with Crippen LogP contribution in [0.25, 0.3) is 0 Å². The molecular formula is C20H21BrN6OS. The van der Waals surface area contributed by atoms with Gasteiger partial charge < -0.3 is 16.4 Å². The molecule has 0 bridgehead atoms. The van der Waals surface area contributed by atoms with E-state index < -0.39 is 0 Å². The SMILES string of the molecule is Cc1ccccc1Nc1nc(N)nc(CS[C@H](C)C(=O)Nc2ccc(Br)cc2)n1. The third-order valence-corrected chi connectivity index (χ3v) is 5.70. The minimum Gasteiger partial charge on any atom is -0.368 e. The zero-order chi connectivity index (χ0) is 20.8. The Balaban J connectivity index is 1.61. The molecule has 150 valence electrons. The van der Waals surface area contributed by atoms with Crippen LogP contribution < -0.4 is 16.4 Å². The lowest BCUT2D eigenvalue weighted by molar-refractivity contribution is -0.115. The van der Waals surface area contributed by atoms with Crippen LogP contribution in [0.5, 0.6) is 0 Å². The van der Waals surface area contributed by atoms with Crippen LogP contribution in [0.4, 0.5) is 23.3 Å².